The number of nitrogens with one attached hydrogen (secondary N) is 1. The van der Waals surface area contributed by atoms with Gasteiger partial charge < -0.3 is 14.6 Å². The fourth-order valence-corrected chi connectivity index (χ4v) is 3.11. The van der Waals surface area contributed by atoms with Crippen LogP contribution in [0.4, 0.5) is 0 Å². The van der Waals surface area contributed by atoms with Crippen LogP contribution in [-0.4, -0.2) is 28.2 Å². The van der Waals surface area contributed by atoms with E-state index in [4.69, 9.17) is 4.42 Å². The van der Waals surface area contributed by atoms with Gasteiger partial charge in [0, 0.05) is 30.6 Å². The number of carbonyl (C=O) groups is 2. The lowest BCUT2D eigenvalue weighted by molar-refractivity contribution is -0.121. The number of carbonyl (C=O) groups excluding carboxylic acids is 2. The van der Waals surface area contributed by atoms with Crippen molar-refractivity contribution in [3.63, 3.8) is 0 Å². The number of fused-ring (bicyclic) bond motifs is 1. The van der Waals surface area contributed by atoms with Crippen molar-refractivity contribution in [2.45, 2.75) is 19.5 Å². The summed E-state index contributed by atoms with van der Waals surface area (Å²) in [5.74, 6) is 0.394. The Hall–Kier alpha value is -3.41. The molecule has 0 unspecified atom stereocenters. The van der Waals surface area contributed by atoms with E-state index in [9.17, 15) is 9.59 Å². The molecule has 2 amide bonds. The van der Waals surface area contributed by atoms with Gasteiger partial charge in [0.2, 0.25) is 11.8 Å². The van der Waals surface area contributed by atoms with E-state index in [2.05, 4.69) is 10.3 Å². The molecule has 1 aliphatic rings. The smallest absolute Gasteiger partial charge is 0.254 e. The maximum Gasteiger partial charge on any atom is 0.254 e. The molecule has 3 aromatic rings. The Bertz CT molecular complexity index is 966. The molecule has 0 saturated heterocycles. The second kappa shape index (κ2) is 7.45. The van der Waals surface area contributed by atoms with Crippen LogP contribution in [0.3, 0.4) is 0 Å². The Labute approximate surface area is 156 Å². The van der Waals surface area contributed by atoms with Crippen molar-refractivity contribution < 1.29 is 14.0 Å². The number of oxazole rings is 1. The summed E-state index contributed by atoms with van der Waals surface area (Å²) in [7, 11) is 0. The average molecular weight is 361 g/mol. The third-order valence-corrected chi connectivity index (χ3v) is 4.54. The molecule has 6 heteroatoms. The lowest BCUT2D eigenvalue weighted by Gasteiger charge is -2.15. The maximum absolute atomic E-state index is 12.3. The van der Waals surface area contributed by atoms with E-state index in [1.807, 2.05) is 54.6 Å². The molecule has 1 N–H and O–H groups in total. The van der Waals surface area contributed by atoms with Crippen molar-refractivity contribution in [2.75, 3.05) is 6.54 Å². The van der Waals surface area contributed by atoms with Crippen LogP contribution in [0.25, 0.3) is 11.5 Å². The fourth-order valence-electron chi connectivity index (χ4n) is 3.11. The predicted molar refractivity (Wildman–Crippen MR) is 99.6 cm³/mol. The van der Waals surface area contributed by atoms with Gasteiger partial charge in [0.15, 0.2) is 0 Å². The first kappa shape index (κ1) is 17.0. The Kier molecular flexibility index (Phi) is 4.70. The van der Waals surface area contributed by atoms with Crippen molar-refractivity contribution in [1.82, 2.24) is 15.2 Å². The molecule has 136 valence electrons. The van der Waals surface area contributed by atoms with Crippen LogP contribution in [-0.2, 0) is 17.9 Å². The van der Waals surface area contributed by atoms with E-state index < -0.39 is 0 Å². The third-order valence-electron chi connectivity index (χ3n) is 4.54. The second-order valence-corrected chi connectivity index (χ2v) is 6.42. The maximum atomic E-state index is 12.3. The molecule has 0 atom stereocenters. The Morgan fingerprint density at radius 2 is 1.89 bits per heavy atom. The third kappa shape index (κ3) is 3.74. The molecule has 1 aliphatic heterocycles. The number of rotatable bonds is 6. The minimum absolute atomic E-state index is 0.0117. The molecule has 1 aromatic heterocycles. The molecular formula is C21H19N3O3. The highest BCUT2D eigenvalue weighted by atomic mass is 16.3. The highest BCUT2D eigenvalue weighted by Gasteiger charge is 2.26. The van der Waals surface area contributed by atoms with Gasteiger partial charge in [-0.1, -0.05) is 36.4 Å². The van der Waals surface area contributed by atoms with Crippen LogP contribution in [0.1, 0.15) is 28.0 Å². The van der Waals surface area contributed by atoms with Gasteiger partial charge in [0.25, 0.3) is 5.91 Å². The summed E-state index contributed by atoms with van der Waals surface area (Å²) >= 11 is 0. The van der Waals surface area contributed by atoms with E-state index in [-0.39, 0.29) is 18.2 Å². The van der Waals surface area contributed by atoms with Gasteiger partial charge in [-0.15, -0.1) is 0 Å². The highest BCUT2D eigenvalue weighted by Crippen LogP contribution is 2.22. The van der Waals surface area contributed by atoms with Crippen LogP contribution < -0.4 is 5.32 Å². The Morgan fingerprint density at radius 3 is 2.70 bits per heavy atom. The molecule has 0 aliphatic carbocycles. The molecule has 27 heavy (non-hydrogen) atoms. The Morgan fingerprint density at radius 1 is 1.11 bits per heavy atom. The largest absolute Gasteiger partial charge is 0.444 e. The molecule has 2 aromatic carbocycles. The fraction of sp³-hybridized carbons (Fsp3) is 0.190. The van der Waals surface area contributed by atoms with Gasteiger partial charge in [0.1, 0.15) is 6.26 Å². The summed E-state index contributed by atoms with van der Waals surface area (Å²) in [5, 5.41) is 2.82. The van der Waals surface area contributed by atoms with Crippen LogP contribution in [0.15, 0.2) is 65.3 Å². The standard InChI is InChI=1S/C21H19N3O3/c25-19(10-11-24-13-16-8-4-5-9-18(16)21(24)26)22-12-17-14-27-20(23-17)15-6-2-1-3-7-15/h1-9,14H,10-13H2,(H,22,25). The summed E-state index contributed by atoms with van der Waals surface area (Å²) in [5.41, 5.74) is 3.29. The molecule has 0 spiro atoms. The van der Waals surface area contributed by atoms with E-state index >= 15 is 0 Å². The number of hydrogen-bond acceptors (Lipinski definition) is 4. The van der Waals surface area contributed by atoms with Gasteiger partial charge in [-0.05, 0) is 23.8 Å². The van der Waals surface area contributed by atoms with E-state index in [0.717, 1.165) is 16.7 Å². The van der Waals surface area contributed by atoms with Gasteiger partial charge in [0.05, 0.1) is 12.2 Å². The van der Waals surface area contributed by atoms with Gasteiger partial charge in [-0.3, -0.25) is 9.59 Å². The summed E-state index contributed by atoms with van der Waals surface area (Å²) in [6.45, 7) is 1.25. The lowest BCUT2D eigenvalue weighted by Crippen LogP contribution is -2.31. The molecule has 6 nitrogen and oxygen atoms in total. The number of benzene rings is 2. The van der Waals surface area contributed by atoms with Crippen molar-refractivity contribution in [3.05, 3.63) is 77.7 Å². The minimum Gasteiger partial charge on any atom is -0.444 e. The second-order valence-electron chi connectivity index (χ2n) is 6.42. The number of nitrogens with zero attached hydrogens (tertiary/aromatic N) is 2. The summed E-state index contributed by atoms with van der Waals surface area (Å²) < 4.78 is 5.46. The molecular weight excluding hydrogens is 342 g/mol. The molecule has 2 heterocycles. The topological polar surface area (TPSA) is 75.4 Å². The van der Waals surface area contributed by atoms with Crippen LogP contribution >= 0.6 is 0 Å². The van der Waals surface area contributed by atoms with Crippen molar-refractivity contribution in [1.29, 1.82) is 0 Å². The van der Waals surface area contributed by atoms with Gasteiger partial charge in [-0.2, -0.15) is 0 Å². The lowest BCUT2D eigenvalue weighted by atomic mass is 10.1. The quantitative estimate of drug-likeness (QED) is 0.732. The normalized spacial score (nSPS) is 12.9. The van der Waals surface area contributed by atoms with Crippen molar-refractivity contribution in [2.24, 2.45) is 0 Å². The summed E-state index contributed by atoms with van der Waals surface area (Å²) in [4.78, 5) is 30.5. The monoisotopic (exact) mass is 361 g/mol. The average Bonchev–Trinajstić information content (AvgIpc) is 3.31. The van der Waals surface area contributed by atoms with Crippen LogP contribution in [0, 0.1) is 0 Å². The van der Waals surface area contributed by atoms with Crippen LogP contribution in [0.2, 0.25) is 0 Å². The SMILES string of the molecule is O=C(CCN1Cc2ccccc2C1=O)NCc1coc(-c2ccccc2)n1. The predicted octanol–water partition coefficient (Wildman–Crippen LogP) is 3.00. The zero-order valence-electron chi connectivity index (χ0n) is 14.7. The minimum atomic E-state index is -0.122. The molecule has 4 rings (SSSR count). The van der Waals surface area contributed by atoms with Gasteiger partial charge >= 0.3 is 0 Å². The van der Waals surface area contributed by atoms with Crippen molar-refractivity contribution in [3.8, 4) is 11.5 Å². The van der Waals surface area contributed by atoms with Crippen LogP contribution in [0.5, 0.6) is 0 Å². The zero-order chi connectivity index (χ0) is 18.6. The molecule has 0 radical (unpaired) electrons. The van der Waals surface area contributed by atoms with E-state index in [1.54, 1.807) is 11.2 Å². The van der Waals surface area contributed by atoms with E-state index in [0.29, 0.717) is 31.2 Å². The number of amides is 2. The highest BCUT2D eigenvalue weighted by molar-refractivity contribution is 5.98. The number of aromatic nitrogens is 1. The van der Waals surface area contributed by atoms with Gasteiger partial charge in [-0.25, -0.2) is 4.98 Å². The molecule has 0 saturated carbocycles. The first-order chi connectivity index (χ1) is 13.2. The zero-order valence-corrected chi connectivity index (χ0v) is 14.7. The molecule has 0 bridgehead atoms. The summed E-state index contributed by atoms with van der Waals surface area (Å²) in [6, 6.07) is 17.1. The number of hydrogen-bond donors (Lipinski definition) is 1. The van der Waals surface area contributed by atoms with Crippen molar-refractivity contribution >= 4 is 11.8 Å². The molecule has 0 fully saturated rings. The first-order valence-electron chi connectivity index (χ1n) is 8.84. The summed E-state index contributed by atoms with van der Waals surface area (Å²) in [6.07, 6.45) is 1.80. The first-order valence-corrected chi connectivity index (χ1v) is 8.84. The Balaban J connectivity index is 1.26. The van der Waals surface area contributed by atoms with E-state index in [1.165, 1.54) is 0 Å².